The molecule has 0 unspecified atom stereocenters. The van der Waals surface area contributed by atoms with Gasteiger partial charge in [0.25, 0.3) is 5.91 Å². The molecule has 1 aliphatic rings. The normalized spacial score (nSPS) is 13.9. The molecule has 3 heterocycles. The van der Waals surface area contributed by atoms with Crippen molar-refractivity contribution in [1.29, 1.82) is 0 Å². The number of benzene rings is 1. The Bertz CT molecular complexity index is 1260. The predicted molar refractivity (Wildman–Crippen MR) is 119 cm³/mol. The first-order valence-corrected chi connectivity index (χ1v) is 10.6. The van der Waals surface area contributed by atoms with Crippen LogP contribution in [0.5, 0.6) is 0 Å². The van der Waals surface area contributed by atoms with E-state index in [-0.39, 0.29) is 5.91 Å². The van der Waals surface area contributed by atoms with Crippen LogP contribution >= 0.6 is 0 Å². The molecule has 2 aromatic carbocycles. The van der Waals surface area contributed by atoms with Crippen LogP contribution in [0.2, 0.25) is 0 Å². The maximum absolute atomic E-state index is 13.1. The third-order valence-electron chi connectivity index (χ3n) is 5.97. The van der Waals surface area contributed by atoms with E-state index in [1.54, 1.807) is 6.07 Å². The summed E-state index contributed by atoms with van der Waals surface area (Å²) >= 11 is 0. The fraction of sp³-hybridized carbons (Fsp3) is 0.280. The molecule has 1 amide bonds. The smallest absolute Gasteiger partial charge is 0.253 e. The van der Waals surface area contributed by atoms with Crippen molar-refractivity contribution in [2.45, 2.75) is 26.2 Å². The fourth-order valence-corrected chi connectivity index (χ4v) is 4.07. The van der Waals surface area contributed by atoms with E-state index in [9.17, 15) is 4.79 Å². The number of aromatic nitrogens is 4. The van der Waals surface area contributed by atoms with Gasteiger partial charge in [-0.1, -0.05) is 12.1 Å². The van der Waals surface area contributed by atoms with E-state index in [2.05, 4.69) is 17.1 Å². The summed E-state index contributed by atoms with van der Waals surface area (Å²) in [4.78, 5) is 29.1. The molecule has 0 atom stereocenters. The first-order chi connectivity index (χ1) is 15.1. The lowest BCUT2D eigenvalue weighted by Gasteiger charge is -2.26. The van der Waals surface area contributed by atoms with Gasteiger partial charge < -0.3 is 9.47 Å². The highest BCUT2D eigenvalue weighted by Crippen LogP contribution is 2.30. The summed E-state index contributed by atoms with van der Waals surface area (Å²) in [5.41, 5.74) is 3.97. The summed E-state index contributed by atoms with van der Waals surface area (Å²) in [6.07, 6.45) is 5.16. The van der Waals surface area contributed by atoms with Crippen molar-refractivity contribution in [3.63, 3.8) is 0 Å². The minimum atomic E-state index is 0.0716. The van der Waals surface area contributed by atoms with E-state index < -0.39 is 0 Å². The average molecular weight is 409 g/mol. The van der Waals surface area contributed by atoms with E-state index in [0.29, 0.717) is 11.4 Å². The van der Waals surface area contributed by atoms with Gasteiger partial charge >= 0.3 is 0 Å². The zero-order chi connectivity index (χ0) is 21.4. The summed E-state index contributed by atoms with van der Waals surface area (Å²) in [7, 11) is 1.98. The van der Waals surface area contributed by atoms with Gasteiger partial charge in [0.1, 0.15) is 11.5 Å². The Morgan fingerprint density at radius 1 is 1.06 bits per heavy atom. The van der Waals surface area contributed by atoms with Crippen LogP contribution in [0.25, 0.3) is 33.7 Å². The SMILES string of the molecule is Cc1ncc(-c2nc(-c3cc#ccc3)nc3cc(C(=O)N4CCCCC4)ccc23)n1C. The van der Waals surface area contributed by atoms with Gasteiger partial charge in [0.2, 0.25) is 0 Å². The first-order valence-electron chi connectivity index (χ1n) is 10.6. The highest BCUT2D eigenvalue weighted by Gasteiger charge is 2.20. The molecule has 4 aromatic rings. The van der Waals surface area contributed by atoms with E-state index in [4.69, 9.17) is 9.97 Å². The van der Waals surface area contributed by atoms with Crippen LogP contribution in [0, 0.1) is 19.1 Å². The topological polar surface area (TPSA) is 63.9 Å². The fourth-order valence-electron chi connectivity index (χ4n) is 4.07. The summed E-state index contributed by atoms with van der Waals surface area (Å²) in [6.45, 7) is 3.61. The molecule has 0 saturated carbocycles. The van der Waals surface area contributed by atoms with E-state index in [1.165, 1.54) is 6.42 Å². The Kier molecular flexibility index (Phi) is 4.87. The third-order valence-corrected chi connectivity index (χ3v) is 5.97. The van der Waals surface area contributed by atoms with Gasteiger partial charge in [-0.15, -0.1) is 0 Å². The lowest BCUT2D eigenvalue weighted by molar-refractivity contribution is 0.0724. The second kappa shape index (κ2) is 7.84. The Morgan fingerprint density at radius 3 is 2.61 bits per heavy atom. The molecule has 5 rings (SSSR count). The van der Waals surface area contributed by atoms with Crippen LogP contribution in [-0.4, -0.2) is 43.4 Å². The molecule has 0 N–H and O–H groups in total. The molecule has 6 heteroatoms. The molecular weight excluding hydrogens is 386 g/mol. The third kappa shape index (κ3) is 3.53. The van der Waals surface area contributed by atoms with Crippen LogP contribution in [0.3, 0.4) is 0 Å². The number of imidazole rings is 1. The number of hydrogen-bond donors (Lipinski definition) is 0. The number of amides is 1. The number of aryl methyl sites for hydroxylation is 1. The maximum atomic E-state index is 13.1. The van der Waals surface area contributed by atoms with E-state index in [1.807, 2.05) is 60.0 Å². The number of carbonyl (C=O) groups excluding carboxylic acids is 1. The Balaban J connectivity index is 1.68. The van der Waals surface area contributed by atoms with Crippen molar-refractivity contribution in [3.05, 3.63) is 66.1 Å². The minimum absolute atomic E-state index is 0.0716. The van der Waals surface area contributed by atoms with Gasteiger partial charge in [-0.25, -0.2) is 15.0 Å². The highest BCUT2D eigenvalue weighted by atomic mass is 16.2. The second-order valence-electron chi connectivity index (χ2n) is 7.95. The van der Waals surface area contributed by atoms with Gasteiger partial charge in [-0.3, -0.25) is 4.79 Å². The quantitative estimate of drug-likeness (QED) is 0.508. The van der Waals surface area contributed by atoms with Gasteiger partial charge in [0.05, 0.1) is 17.4 Å². The van der Waals surface area contributed by atoms with Crippen molar-refractivity contribution in [1.82, 2.24) is 24.4 Å². The molecule has 1 fully saturated rings. The molecule has 2 aromatic heterocycles. The number of fused-ring (bicyclic) bond motifs is 1. The molecule has 1 aliphatic heterocycles. The molecule has 0 aliphatic carbocycles. The standard InChI is InChI=1S/C25H23N5O/c1-17-26-16-22(29(17)2)23-20-12-11-19(25(31)30-13-7-4-8-14-30)15-21(20)27-24(28-23)18-9-5-3-6-10-18/h5,9-12,15-16H,4,7-8,13-14H2,1-2H3. The van der Waals surface area contributed by atoms with Crippen molar-refractivity contribution in [3.8, 4) is 22.8 Å². The summed E-state index contributed by atoms with van der Waals surface area (Å²) < 4.78 is 2.02. The second-order valence-corrected chi connectivity index (χ2v) is 7.95. The van der Waals surface area contributed by atoms with Gasteiger partial charge in [-0.2, -0.15) is 0 Å². The van der Waals surface area contributed by atoms with Gasteiger partial charge in [0.15, 0.2) is 5.82 Å². The zero-order valence-electron chi connectivity index (χ0n) is 17.7. The summed E-state index contributed by atoms with van der Waals surface area (Å²) in [6, 6.07) is 17.2. The summed E-state index contributed by atoms with van der Waals surface area (Å²) in [5, 5.41) is 0.897. The maximum Gasteiger partial charge on any atom is 0.253 e. The van der Waals surface area contributed by atoms with Crippen LogP contribution in [0.15, 0.2) is 42.6 Å². The molecular formula is C25H23N5O. The molecule has 0 spiro atoms. The van der Waals surface area contributed by atoms with Crippen molar-refractivity contribution < 1.29 is 4.79 Å². The van der Waals surface area contributed by atoms with Crippen molar-refractivity contribution >= 4 is 16.8 Å². The lowest BCUT2D eigenvalue weighted by Crippen LogP contribution is -2.35. The zero-order valence-corrected chi connectivity index (χ0v) is 17.7. The monoisotopic (exact) mass is 409 g/mol. The number of piperidine rings is 1. The highest BCUT2D eigenvalue weighted by molar-refractivity contribution is 6.00. The Morgan fingerprint density at radius 2 is 1.90 bits per heavy atom. The van der Waals surface area contributed by atoms with Crippen molar-refractivity contribution in [2.75, 3.05) is 13.1 Å². The molecule has 0 bridgehead atoms. The average Bonchev–Trinajstić information content (AvgIpc) is 3.16. The Hall–Kier alpha value is -3.72. The van der Waals surface area contributed by atoms with Crippen molar-refractivity contribution in [2.24, 2.45) is 7.05 Å². The molecule has 1 saturated heterocycles. The van der Waals surface area contributed by atoms with E-state index in [0.717, 1.165) is 59.6 Å². The lowest BCUT2D eigenvalue weighted by atomic mass is 10.1. The van der Waals surface area contributed by atoms with Crippen LogP contribution in [0.1, 0.15) is 35.4 Å². The molecule has 31 heavy (non-hydrogen) atoms. The number of hydrogen-bond acceptors (Lipinski definition) is 4. The number of rotatable bonds is 3. The van der Waals surface area contributed by atoms with Gasteiger partial charge in [0, 0.05) is 36.7 Å². The Labute approximate surface area is 181 Å². The molecule has 6 nitrogen and oxygen atoms in total. The molecule has 154 valence electrons. The molecule has 0 radical (unpaired) electrons. The number of carbonyl (C=O) groups is 1. The minimum Gasteiger partial charge on any atom is -0.339 e. The first kappa shape index (κ1) is 19.3. The van der Waals surface area contributed by atoms with Crippen LogP contribution in [0.4, 0.5) is 0 Å². The van der Waals surface area contributed by atoms with Crippen LogP contribution < -0.4 is 0 Å². The van der Waals surface area contributed by atoms with E-state index >= 15 is 0 Å². The number of likely N-dealkylation sites (tertiary alicyclic amines) is 1. The van der Waals surface area contributed by atoms with Crippen LogP contribution in [-0.2, 0) is 7.05 Å². The number of nitrogens with zero attached hydrogens (tertiary/aromatic N) is 5. The summed E-state index contributed by atoms with van der Waals surface area (Å²) in [5.74, 6) is 1.57. The predicted octanol–water partition coefficient (Wildman–Crippen LogP) is 4.23. The van der Waals surface area contributed by atoms with Gasteiger partial charge in [-0.05, 0) is 62.6 Å². The largest absolute Gasteiger partial charge is 0.339 e.